The molecule has 3 rings (SSSR count). The Kier molecular flexibility index (Phi) is 5.73. The Hall–Kier alpha value is -2.31. The Bertz CT molecular complexity index is 711. The summed E-state index contributed by atoms with van der Waals surface area (Å²) in [5, 5.41) is 12.6. The lowest BCUT2D eigenvalue weighted by Gasteiger charge is -2.38. The average Bonchev–Trinajstić information content (AvgIpc) is 2.63. The van der Waals surface area contributed by atoms with Crippen LogP contribution in [0.15, 0.2) is 48.8 Å². The minimum atomic E-state index is -0.541. The van der Waals surface area contributed by atoms with Gasteiger partial charge in [0.15, 0.2) is 0 Å². The molecule has 6 heteroatoms. The van der Waals surface area contributed by atoms with E-state index in [0.717, 1.165) is 25.7 Å². The number of pyridine rings is 1. The third kappa shape index (κ3) is 4.61. The second kappa shape index (κ2) is 8.18. The maximum absolute atomic E-state index is 13.3. The van der Waals surface area contributed by atoms with Gasteiger partial charge in [-0.25, -0.2) is 4.39 Å². The largest absolute Gasteiger partial charge is 0.396 e. The van der Waals surface area contributed by atoms with Crippen molar-refractivity contribution in [2.75, 3.05) is 19.7 Å². The molecular weight excluding hydrogens is 321 g/mol. The van der Waals surface area contributed by atoms with E-state index >= 15 is 0 Å². The Morgan fingerprint density at radius 1 is 1.32 bits per heavy atom. The van der Waals surface area contributed by atoms with Gasteiger partial charge in [-0.3, -0.25) is 14.7 Å². The minimum absolute atomic E-state index is 0.00232. The summed E-state index contributed by atoms with van der Waals surface area (Å²) in [6, 6.07) is 11.1. The number of hydrogen-bond donors (Lipinski definition) is 2. The first-order valence-corrected chi connectivity index (χ1v) is 8.44. The topological polar surface area (TPSA) is 65.5 Å². The van der Waals surface area contributed by atoms with Crippen LogP contribution >= 0.6 is 0 Å². The first-order chi connectivity index (χ1) is 12.2. The van der Waals surface area contributed by atoms with Crippen LogP contribution in [0.1, 0.15) is 22.3 Å². The van der Waals surface area contributed by atoms with Crippen molar-refractivity contribution < 1.29 is 14.3 Å². The fourth-order valence-electron chi connectivity index (χ4n) is 3.22. The number of halogens is 1. The van der Waals surface area contributed by atoms with E-state index in [1.54, 1.807) is 0 Å². The number of nitrogens with zero attached hydrogens (tertiary/aromatic N) is 2. The van der Waals surface area contributed by atoms with Crippen molar-refractivity contribution >= 4 is 5.91 Å². The average molecular weight is 343 g/mol. The molecule has 1 aliphatic rings. The van der Waals surface area contributed by atoms with Crippen LogP contribution in [0.3, 0.4) is 0 Å². The molecule has 1 aliphatic heterocycles. The lowest BCUT2D eigenvalue weighted by atomic mass is 9.91. The van der Waals surface area contributed by atoms with E-state index in [1.807, 2.05) is 18.2 Å². The molecule has 2 N–H and O–H groups in total. The highest BCUT2D eigenvalue weighted by atomic mass is 19.1. The molecule has 1 aromatic heterocycles. The zero-order valence-electron chi connectivity index (χ0n) is 13.9. The number of benzene rings is 1. The van der Waals surface area contributed by atoms with Crippen LogP contribution in [0.2, 0.25) is 0 Å². The molecule has 0 unspecified atom stereocenters. The third-order valence-corrected chi connectivity index (χ3v) is 4.61. The van der Waals surface area contributed by atoms with Crippen LogP contribution in [0.4, 0.5) is 4.39 Å². The number of rotatable bonds is 5. The molecule has 2 heterocycles. The molecule has 1 amide bonds. The van der Waals surface area contributed by atoms with Gasteiger partial charge in [-0.1, -0.05) is 30.3 Å². The number of hydrogen-bond acceptors (Lipinski definition) is 4. The molecule has 2 aromatic rings. The summed E-state index contributed by atoms with van der Waals surface area (Å²) in [5.41, 5.74) is 1.40. The van der Waals surface area contributed by atoms with Gasteiger partial charge in [0.1, 0.15) is 5.82 Å². The van der Waals surface area contributed by atoms with Crippen molar-refractivity contribution in [3.8, 4) is 0 Å². The summed E-state index contributed by atoms with van der Waals surface area (Å²) in [4.78, 5) is 18.3. The molecule has 0 spiro atoms. The van der Waals surface area contributed by atoms with Crippen LogP contribution in [0, 0.1) is 11.7 Å². The van der Waals surface area contributed by atoms with Crippen molar-refractivity contribution in [1.82, 2.24) is 15.2 Å². The summed E-state index contributed by atoms with van der Waals surface area (Å²) >= 11 is 0. The van der Waals surface area contributed by atoms with Crippen molar-refractivity contribution in [1.29, 1.82) is 0 Å². The number of piperidine rings is 1. The van der Waals surface area contributed by atoms with Crippen LogP contribution in [-0.2, 0) is 6.54 Å². The number of carbonyl (C=O) groups is 1. The normalized spacial score (nSPS) is 21.0. The van der Waals surface area contributed by atoms with E-state index in [0.29, 0.717) is 6.54 Å². The summed E-state index contributed by atoms with van der Waals surface area (Å²) in [7, 11) is 0. The van der Waals surface area contributed by atoms with Crippen LogP contribution in [0.25, 0.3) is 0 Å². The van der Waals surface area contributed by atoms with Crippen molar-refractivity contribution in [2.24, 2.45) is 5.92 Å². The molecule has 1 aromatic carbocycles. The Labute approximate surface area is 146 Å². The lowest BCUT2D eigenvalue weighted by Crippen LogP contribution is -2.53. The molecule has 0 bridgehead atoms. The lowest BCUT2D eigenvalue weighted by molar-refractivity contribution is 0.0730. The first kappa shape index (κ1) is 17.5. The fraction of sp³-hybridized carbons (Fsp3) is 0.368. The van der Waals surface area contributed by atoms with Crippen molar-refractivity contribution in [3.05, 3.63) is 65.7 Å². The highest BCUT2D eigenvalue weighted by molar-refractivity contribution is 5.94. The van der Waals surface area contributed by atoms with E-state index in [9.17, 15) is 14.3 Å². The number of aromatic nitrogens is 1. The SMILES string of the molecule is O=C(N[C@H]1CN(Cc2ccccc2)CC[C@H]1CO)c1cncc(F)c1. The van der Waals surface area contributed by atoms with E-state index in [2.05, 4.69) is 27.3 Å². The standard InChI is InChI=1S/C19H22FN3O2/c20-17-8-16(9-21-10-17)19(25)22-18-12-23(7-6-15(18)13-24)11-14-4-2-1-3-5-14/h1-5,8-10,15,18,24H,6-7,11-13H2,(H,22,25)/t15-,18-/m0/s1. The zero-order valence-corrected chi connectivity index (χ0v) is 13.9. The number of aliphatic hydroxyl groups is 1. The van der Waals surface area contributed by atoms with Gasteiger partial charge in [0, 0.05) is 37.9 Å². The summed E-state index contributed by atoms with van der Waals surface area (Å²) in [5.74, 6) is -0.907. The van der Waals surface area contributed by atoms with Gasteiger partial charge >= 0.3 is 0 Å². The van der Waals surface area contributed by atoms with E-state index in [-0.39, 0.29) is 30.0 Å². The predicted molar refractivity (Wildman–Crippen MR) is 92.4 cm³/mol. The van der Waals surface area contributed by atoms with Crippen LogP contribution in [-0.4, -0.2) is 46.6 Å². The fourth-order valence-corrected chi connectivity index (χ4v) is 3.22. The summed E-state index contributed by atoms with van der Waals surface area (Å²) in [6.07, 6.45) is 3.21. The second-order valence-electron chi connectivity index (χ2n) is 6.42. The molecule has 0 saturated carbocycles. The molecule has 0 aliphatic carbocycles. The number of likely N-dealkylation sites (tertiary alicyclic amines) is 1. The maximum Gasteiger partial charge on any atom is 0.253 e. The molecule has 2 atom stereocenters. The molecule has 1 saturated heterocycles. The van der Waals surface area contributed by atoms with Crippen molar-refractivity contribution in [2.45, 2.75) is 19.0 Å². The first-order valence-electron chi connectivity index (χ1n) is 8.44. The van der Waals surface area contributed by atoms with Gasteiger partial charge in [0.2, 0.25) is 0 Å². The van der Waals surface area contributed by atoms with E-state index in [4.69, 9.17) is 0 Å². The van der Waals surface area contributed by atoms with Gasteiger partial charge in [0.05, 0.1) is 11.8 Å². The quantitative estimate of drug-likeness (QED) is 0.869. The van der Waals surface area contributed by atoms with Crippen molar-refractivity contribution in [3.63, 3.8) is 0 Å². The second-order valence-corrected chi connectivity index (χ2v) is 6.42. The third-order valence-electron chi connectivity index (χ3n) is 4.61. The van der Waals surface area contributed by atoms with E-state index < -0.39 is 5.82 Å². The Morgan fingerprint density at radius 2 is 2.12 bits per heavy atom. The molecule has 1 fully saturated rings. The number of carbonyl (C=O) groups excluding carboxylic acids is 1. The van der Waals surface area contributed by atoms with Gasteiger partial charge in [-0.2, -0.15) is 0 Å². The summed E-state index contributed by atoms with van der Waals surface area (Å²) < 4.78 is 13.3. The Morgan fingerprint density at radius 3 is 2.84 bits per heavy atom. The van der Waals surface area contributed by atoms with Gasteiger partial charge in [-0.05, 0) is 24.6 Å². The van der Waals surface area contributed by atoms with Gasteiger partial charge in [0.25, 0.3) is 5.91 Å². The molecule has 25 heavy (non-hydrogen) atoms. The highest BCUT2D eigenvalue weighted by Gasteiger charge is 2.30. The summed E-state index contributed by atoms with van der Waals surface area (Å²) in [6.45, 7) is 2.33. The smallest absolute Gasteiger partial charge is 0.253 e. The molecule has 5 nitrogen and oxygen atoms in total. The molecule has 0 radical (unpaired) electrons. The number of nitrogens with one attached hydrogen (secondary N) is 1. The number of amides is 1. The molecule has 132 valence electrons. The van der Waals surface area contributed by atoms with Crippen LogP contribution < -0.4 is 5.32 Å². The number of aliphatic hydroxyl groups excluding tert-OH is 1. The van der Waals surface area contributed by atoms with E-state index in [1.165, 1.54) is 17.8 Å². The molecular formula is C19H22FN3O2. The maximum atomic E-state index is 13.3. The Balaban J connectivity index is 1.65. The predicted octanol–water partition coefficient (Wildman–Crippen LogP) is 1.83. The zero-order chi connectivity index (χ0) is 17.6. The minimum Gasteiger partial charge on any atom is -0.396 e. The van der Waals surface area contributed by atoms with Gasteiger partial charge in [-0.15, -0.1) is 0 Å². The van der Waals surface area contributed by atoms with Gasteiger partial charge < -0.3 is 10.4 Å². The highest BCUT2D eigenvalue weighted by Crippen LogP contribution is 2.20. The monoisotopic (exact) mass is 343 g/mol. The van der Waals surface area contributed by atoms with Crippen LogP contribution in [0.5, 0.6) is 0 Å².